The Balaban J connectivity index is 1.59. The van der Waals surface area contributed by atoms with Gasteiger partial charge in [-0.3, -0.25) is 0 Å². The van der Waals surface area contributed by atoms with Gasteiger partial charge in [0.05, 0.1) is 18.5 Å². The van der Waals surface area contributed by atoms with E-state index in [9.17, 15) is 4.39 Å². The third-order valence-corrected chi connectivity index (χ3v) is 8.42. The molecular formula is C19H21ClFO2PS. The lowest BCUT2D eigenvalue weighted by atomic mass is 10.1. The summed E-state index contributed by atoms with van der Waals surface area (Å²) < 4.78 is 25.2. The van der Waals surface area contributed by atoms with Gasteiger partial charge < -0.3 is 9.26 Å². The minimum atomic E-state index is -0.477. The summed E-state index contributed by atoms with van der Waals surface area (Å²) in [4.78, 5) is 1.16. The van der Waals surface area contributed by atoms with Gasteiger partial charge in [0.1, 0.15) is 18.2 Å². The minimum Gasteiger partial charge on any atom is -0.489 e. The van der Waals surface area contributed by atoms with Crippen LogP contribution in [0.4, 0.5) is 4.39 Å². The predicted molar refractivity (Wildman–Crippen MR) is 104 cm³/mol. The standard InChI is InChI=1S/C19H21ClFO2PS/c1-3-19-13(2)12-24(23-19)25-16-6-4-5-15(10-16)22-11-14-7-8-18(21)17(20)9-14/h4-10,13,19H,3,11-12H2,1-2H3/t13-,19?,24?/m1/s1. The number of benzene rings is 2. The van der Waals surface area contributed by atoms with E-state index >= 15 is 0 Å². The molecule has 2 unspecified atom stereocenters. The number of rotatable bonds is 6. The first-order valence-electron chi connectivity index (χ1n) is 8.34. The average Bonchev–Trinajstić information content (AvgIpc) is 2.95. The highest BCUT2D eigenvalue weighted by Gasteiger charge is 2.31. The molecule has 1 aliphatic rings. The van der Waals surface area contributed by atoms with Crippen molar-refractivity contribution in [3.8, 4) is 5.75 Å². The highest BCUT2D eigenvalue weighted by molar-refractivity contribution is 8.54. The van der Waals surface area contributed by atoms with Crippen LogP contribution >= 0.6 is 30.3 Å². The van der Waals surface area contributed by atoms with E-state index in [0.29, 0.717) is 18.6 Å². The van der Waals surface area contributed by atoms with Crippen LogP contribution in [-0.2, 0) is 11.1 Å². The van der Waals surface area contributed by atoms with Crippen LogP contribution in [0.3, 0.4) is 0 Å². The zero-order valence-corrected chi connectivity index (χ0v) is 16.7. The van der Waals surface area contributed by atoms with Crippen LogP contribution in [0, 0.1) is 11.7 Å². The lowest BCUT2D eigenvalue weighted by Gasteiger charge is -2.13. The summed E-state index contributed by atoms with van der Waals surface area (Å²) in [6, 6.07) is 12.7. The normalized spacial score (nSPS) is 23.0. The van der Waals surface area contributed by atoms with Crippen LogP contribution in [0.25, 0.3) is 0 Å². The largest absolute Gasteiger partial charge is 0.489 e. The van der Waals surface area contributed by atoms with Crippen molar-refractivity contribution >= 4 is 30.3 Å². The smallest absolute Gasteiger partial charge is 0.141 e. The van der Waals surface area contributed by atoms with Gasteiger partial charge in [-0.25, -0.2) is 4.39 Å². The summed E-state index contributed by atoms with van der Waals surface area (Å²) in [5.41, 5.74) is 0.840. The topological polar surface area (TPSA) is 18.5 Å². The maximum absolute atomic E-state index is 13.2. The van der Waals surface area contributed by atoms with E-state index < -0.39 is 13.2 Å². The average molecular weight is 399 g/mol. The van der Waals surface area contributed by atoms with Gasteiger partial charge in [-0.1, -0.05) is 49.0 Å². The van der Waals surface area contributed by atoms with E-state index in [1.165, 1.54) is 6.07 Å². The van der Waals surface area contributed by atoms with E-state index in [1.54, 1.807) is 23.5 Å². The van der Waals surface area contributed by atoms with Crippen molar-refractivity contribution < 1.29 is 13.7 Å². The number of hydrogen-bond acceptors (Lipinski definition) is 3. The van der Waals surface area contributed by atoms with E-state index in [4.69, 9.17) is 20.9 Å². The molecule has 0 aliphatic carbocycles. The molecule has 1 aliphatic heterocycles. The summed E-state index contributed by atoms with van der Waals surface area (Å²) >= 11 is 7.61. The van der Waals surface area contributed by atoms with Crippen molar-refractivity contribution in [3.63, 3.8) is 0 Å². The molecule has 0 spiro atoms. The molecule has 2 nitrogen and oxygen atoms in total. The van der Waals surface area contributed by atoms with Crippen molar-refractivity contribution in [2.24, 2.45) is 5.92 Å². The molecule has 134 valence electrons. The molecule has 3 rings (SSSR count). The fraction of sp³-hybridized carbons (Fsp3) is 0.368. The number of hydrogen-bond donors (Lipinski definition) is 0. The summed E-state index contributed by atoms with van der Waals surface area (Å²) in [5.74, 6) is 1.01. The molecule has 3 atom stereocenters. The van der Waals surface area contributed by atoms with Crippen LogP contribution in [0.5, 0.6) is 5.75 Å². The second-order valence-electron chi connectivity index (χ2n) is 6.15. The van der Waals surface area contributed by atoms with Gasteiger partial charge in [0.2, 0.25) is 0 Å². The van der Waals surface area contributed by atoms with Crippen molar-refractivity contribution in [2.75, 3.05) is 6.16 Å². The fourth-order valence-electron chi connectivity index (χ4n) is 2.72. The van der Waals surface area contributed by atoms with E-state index in [0.717, 1.165) is 28.8 Å². The minimum absolute atomic E-state index is 0.117. The van der Waals surface area contributed by atoms with Crippen LogP contribution < -0.4 is 4.74 Å². The zero-order chi connectivity index (χ0) is 17.8. The maximum Gasteiger partial charge on any atom is 0.141 e. The van der Waals surface area contributed by atoms with Gasteiger partial charge in [0.15, 0.2) is 0 Å². The molecule has 2 aromatic rings. The first-order chi connectivity index (χ1) is 12.0. The van der Waals surface area contributed by atoms with Crippen LogP contribution in [-0.4, -0.2) is 12.3 Å². The summed E-state index contributed by atoms with van der Waals surface area (Å²) in [6.45, 7) is 4.81. The van der Waals surface area contributed by atoms with Gasteiger partial charge >= 0.3 is 0 Å². The summed E-state index contributed by atoms with van der Waals surface area (Å²) in [6.07, 6.45) is 2.60. The Bertz CT molecular complexity index is 730. The maximum atomic E-state index is 13.2. The molecule has 6 heteroatoms. The van der Waals surface area contributed by atoms with Crippen LogP contribution in [0.2, 0.25) is 5.02 Å². The van der Waals surface area contributed by atoms with Crippen molar-refractivity contribution in [2.45, 2.75) is 37.9 Å². The number of halogens is 2. The van der Waals surface area contributed by atoms with Gasteiger partial charge in [0.25, 0.3) is 0 Å². The predicted octanol–water partition coefficient (Wildman–Crippen LogP) is 6.91. The molecule has 1 fully saturated rings. The molecule has 0 aromatic heterocycles. The Morgan fingerprint density at radius 3 is 2.88 bits per heavy atom. The molecule has 0 radical (unpaired) electrons. The fourth-order valence-corrected chi connectivity index (χ4v) is 7.47. The van der Waals surface area contributed by atoms with E-state index in [-0.39, 0.29) is 5.02 Å². The van der Waals surface area contributed by atoms with Crippen molar-refractivity contribution in [3.05, 3.63) is 58.9 Å². The Hall–Kier alpha value is -0.800. The monoisotopic (exact) mass is 398 g/mol. The molecule has 2 aromatic carbocycles. The Labute approximate surface area is 158 Å². The zero-order valence-electron chi connectivity index (χ0n) is 14.2. The summed E-state index contributed by atoms with van der Waals surface area (Å²) in [7, 11) is -0.477. The first kappa shape index (κ1) is 19.0. The third-order valence-electron chi connectivity index (χ3n) is 4.13. The molecule has 0 saturated carbocycles. The Morgan fingerprint density at radius 1 is 1.32 bits per heavy atom. The quantitative estimate of drug-likeness (QED) is 0.492. The Morgan fingerprint density at radius 2 is 2.16 bits per heavy atom. The van der Waals surface area contributed by atoms with Gasteiger partial charge in [-0.05, 0) is 48.2 Å². The van der Waals surface area contributed by atoms with Crippen molar-refractivity contribution in [1.82, 2.24) is 0 Å². The van der Waals surface area contributed by atoms with Crippen LogP contribution in [0.1, 0.15) is 25.8 Å². The second kappa shape index (κ2) is 8.73. The third kappa shape index (κ3) is 5.10. The SMILES string of the molecule is CCC1OP(Sc2cccc(OCc3ccc(F)c(Cl)c3)c2)C[C@H]1C. The lowest BCUT2D eigenvalue weighted by Crippen LogP contribution is -2.11. The molecular weight excluding hydrogens is 378 g/mol. The second-order valence-corrected chi connectivity index (χ2v) is 10.2. The van der Waals surface area contributed by atoms with E-state index in [1.807, 2.05) is 18.2 Å². The highest BCUT2D eigenvalue weighted by atomic mass is 35.5. The van der Waals surface area contributed by atoms with Crippen LogP contribution in [0.15, 0.2) is 47.4 Å². The number of ether oxygens (including phenoxy) is 1. The molecule has 25 heavy (non-hydrogen) atoms. The summed E-state index contributed by atoms with van der Waals surface area (Å²) in [5, 5.41) is 0.117. The van der Waals surface area contributed by atoms with Crippen molar-refractivity contribution in [1.29, 1.82) is 0 Å². The molecule has 0 bridgehead atoms. The highest BCUT2D eigenvalue weighted by Crippen LogP contribution is 2.61. The molecule has 1 heterocycles. The van der Waals surface area contributed by atoms with E-state index in [2.05, 4.69) is 19.9 Å². The molecule has 1 saturated heterocycles. The first-order valence-corrected chi connectivity index (χ1v) is 11.6. The van der Waals surface area contributed by atoms with Gasteiger partial charge in [-0.15, -0.1) is 0 Å². The Kier molecular flexibility index (Phi) is 6.62. The van der Waals surface area contributed by atoms with Gasteiger partial charge in [-0.2, -0.15) is 0 Å². The molecule has 0 N–H and O–H groups in total. The lowest BCUT2D eigenvalue weighted by molar-refractivity contribution is 0.203. The molecule has 0 amide bonds. The van der Waals surface area contributed by atoms with Gasteiger partial charge in [0, 0.05) is 11.1 Å².